The standard InChI is InChI=1S/C23H27N5O4S/c1-14-5-8-17(11-15(14)2)24-20(30)13-33-23-27-26-21(28(23)3)19(12-29)25-22(31)16-6-9-18(32-4)10-7-16/h5-11,19,29H,12-13H2,1-4H3,(H,24,30)(H,25,31). The Bertz CT molecular complexity index is 1130. The van der Waals surface area contributed by atoms with Gasteiger partial charge in [-0.2, -0.15) is 0 Å². The molecule has 0 radical (unpaired) electrons. The molecule has 2 amide bonds. The van der Waals surface area contributed by atoms with Crippen molar-refractivity contribution in [2.75, 3.05) is 24.8 Å². The van der Waals surface area contributed by atoms with Crippen LogP contribution in [0.25, 0.3) is 0 Å². The van der Waals surface area contributed by atoms with Crippen LogP contribution in [0.3, 0.4) is 0 Å². The van der Waals surface area contributed by atoms with Gasteiger partial charge >= 0.3 is 0 Å². The van der Waals surface area contributed by atoms with Gasteiger partial charge in [0.15, 0.2) is 11.0 Å². The number of hydrogen-bond donors (Lipinski definition) is 3. The third-order valence-corrected chi connectivity index (χ3v) is 6.16. The molecule has 0 aliphatic heterocycles. The minimum absolute atomic E-state index is 0.140. The van der Waals surface area contributed by atoms with E-state index >= 15 is 0 Å². The Kier molecular flexibility index (Phi) is 8.07. The van der Waals surface area contributed by atoms with Crippen LogP contribution >= 0.6 is 11.8 Å². The van der Waals surface area contributed by atoms with Crippen LogP contribution in [0, 0.1) is 13.8 Å². The molecule has 2 aromatic carbocycles. The number of benzene rings is 2. The number of methoxy groups -OCH3 is 1. The third kappa shape index (κ3) is 6.11. The van der Waals surface area contributed by atoms with Gasteiger partial charge in [0.25, 0.3) is 5.91 Å². The molecule has 1 atom stereocenters. The van der Waals surface area contributed by atoms with Gasteiger partial charge in [-0.3, -0.25) is 9.59 Å². The number of carbonyl (C=O) groups excluding carboxylic acids is 2. The number of amides is 2. The van der Waals surface area contributed by atoms with Crippen molar-refractivity contribution < 1.29 is 19.4 Å². The van der Waals surface area contributed by atoms with Gasteiger partial charge in [-0.25, -0.2) is 0 Å². The summed E-state index contributed by atoms with van der Waals surface area (Å²) in [4.78, 5) is 24.9. The van der Waals surface area contributed by atoms with E-state index in [9.17, 15) is 14.7 Å². The van der Waals surface area contributed by atoms with Gasteiger partial charge in [-0.15, -0.1) is 10.2 Å². The summed E-state index contributed by atoms with van der Waals surface area (Å²) in [5.74, 6) is 0.639. The van der Waals surface area contributed by atoms with Gasteiger partial charge in [0, 0.05) is 18.3 Å². The second-order valence-electron chi connectivity index (χ2n) is 7.47. The first kappa shape index (κ1) is 24.3. The molecule has 0 aliphatic rings. The zero-order chi connectivity index (χ0) is 24.0. The summed E-state index contributed by atoms with van der Waals surface area (Å²) in [6, 6.07) is 11.6. The van der Waals surface area contributed by atoms with Crippen LogP contribution in [0.15, 0.2) is 47.6 Å². The van der Waals surface area contributed by atoms with E-state index in [1.807, 2.05) is 32.0 Å². The van der Waals surface area contributed by atoms with E-state index in [1.54, 1.807) is 43.0 Å². The summed E-state index contributed by atoms with van der Waals surface area (Å²) in [6.07, 6.45) is 0. The van der Waals surface area contributed by atoms with Gasteiger partial charge in [-0.1, -0.05) is 17.8 Å². The number of rotatable bonds is 9. The number of nitrogens with zero attached hydrogens (tertiary/aromatic N) is 3. The molecule has 0 spiro atoms. The number of thioether (sulfide) groups is 1. The first-order chi connectivity index (χ1) is 15.8. The number of aliphatic hydroxyl groups is 1. The van der Waals surface area contributed by atoms with Gasteiger partial charge in [0.05, 0.1) is 19.5 Å². The van der Waals surface area contributed by atoms with Gasteiger partial charge in [0.2, 0.25) is 5.91 Å². The Morgan fingerprint density at radius 1 is 1.12 bits per heavy atom. The van der Waals surface area contributed by atoms with E-state index in [2.05, 4.69) is 20.8 Å². The van der Waals surface area contributed by atoms with Crippen LogP contribution in [0.4, 0.5) is 5.69 Å². The van der Waals surface area contributed by atoms with Crippen molar-refractivity contribution in [2.45, 2.75) is 25.0 Å². The predicted molar refractivity (Wildman–Crippen MR) is 127 cm³/mol. The lowest BCUT2D eigenvalue weighted by Crippen LogP contribution is -2.32. The van der Waals surface area contributed by atoms with Crippen molar-refractivity contribution in [1.82, 2.24) is 20.1 Å². The van der Waals surface area contributed by atoms with Crippen LogP contribution < -0.4 is 15.4 Å². The summed E-state index contributed by atoms with van der Waals surface area (Å²) in [6.45, 7) is 3.65. The third-order valence-electron chi connectivity index (χ3n) is 5.14. The molecule has 33 heavy (non-hydrogen) atoms. The second kappa shape index (κ2) is 11.0. The van der Waals surface area contributed by atoms with E-state index < -0.39 is 6.04 Å². The van der Waals surface area contributed by atoms with Crippen molar-refractivity contribution >= 4 is 29.3 Å². The molecule has 1 unspecified atom stereocenters. The van der Waals surface area contributed by atoms with Crippen molar-refractivity contribution in [1.29, 1.82) is 0 Å². The molecule has 0 fully saturated rings. The first-order valence-corrected chi connectivity index (χ1v) is 11.3. The average Bonchev–Trinajstić information content (AvgIpc) is 3.18. The van der Waals surface area contributed by atoms with E-state index in [1.165, 1.54) is 11.8 Å². The SMILES string of the molecule is COc1ccc(C(=O)NC(CO)c2nnc(SCC(=O)Nc3ccc(C)c(C)c3)n2C)cc1. The number of hydrogen-bond acceptors (Lipinski definition) is 7. The van der Waals surface area contributed by atoms with Crippen LogP contribution in [0.1, 0.15) is 33.4 Å². The molecule has 3 rings (SSSR count). The highest BCUT2D eigenvalue weighted by atomic mass is 32.2. The average molecular weight is 470 g/mol. The lowest BCUT2D eigenvalue weighted by atomic mass is 10.1. The minimum atomic E-state index is -0.754. The molecule has 1 aromatic heterocycles. The molecule has 174 valence electrons. The molecule has 9 nitrogen and oxygen atoms in total. The Balaban J connectivity index is 1.61. The minimum Gasteiger partial charge on any atom is -0.497 e. The van der Waals surface area contributed by atoms with Gasteiger partial charge in [-0.05, 0) is 61.4 Å². The molecule has 0 saturated heterocycles. The van der Waals surface area contributed by atoms with Gasteiger partial charge in [0.1, 0.15) is 11.8 Å². The van der Waals surface area contributed by atoms with E-state index in [-0.39, 0.29) is 24.2 Å². The van der Waals surface area contributed by atoms with Crippen LogP contribution in [-0.2, 0) is 11.8 Å². The number of ether oxygens (including phenoxy) is 1. The molecular weight excluding hydrogens is 442 g/mol. The van der Waals surface area contributed by atoms with Crippen LogP contribution in [-0.4, -0.2) is 51.2 Å². The number of anilines is 1. The molecule has 10 heteroatoms. The summed E-state index contributed by atoms with van der Waals surface area (Å²) >= 11 is 1.22. The Morgan fingerprint density at radius 2 is 1.85 bits per heavy atom. The summed E-state index contributed by atoms with van der Waals surface area (Å²) < 4.78 is 6.75. The van der Waals surface area contributed by atoms with Crippen LogP contribution in [0.5, 0.6) is 5.75 Å². The summed E-state index contributed by atoms with van der Waals surface area (Å²) in [5.41, 5.74) is 3.43. The maximum absolute atomic E-state index is 12.6. The molecule has 0 aliphatic carbocycles. The molecule has 1 heterocycles. The van der Waals surface area contributed by atoms with Crippen molar-refractivity contribution in [3.8, 4) is 5.75 Å². The first-order valence-electron chi connectivity index (χ1n) is 10.3. The molecular formula is C23H27N5O4S. The predicted octanol–water partition coefficient (Wildman–Crippen LogP) is 2.63. The van der Waals surface area contributed by atoms with E-state index in [0.717, 1.165) is 16.8 Å². The molecule has 3 aromatic rings. The largest absolute Gasteiger partial charge is 0.497 e. The van der Waals surface area contributed by atoms with Crippen LogP contribution in [0.2, 0.25) is 0 Å². The topological polar surface area (TPSA) is 118 Å². The van der Waals surface area contributed by atoms with E-state index in [4.69, 9.17) is 4.74 Å². The number of carbonyl (C=O) groups is 2. The van der Waals surface area contributed by atoms with Gasteiger partial charge < -0.3 is 25.0 Å². The normalized spacial score (nSPS) is 11.7. The Labute approximate surface area is 196 Å². The highest BCUT2D eigenvalue weighted by Crippen LogP contribution is 2.21. The lowest BCUT2D eigenvalue weighted by molar-refractivity contribution is -0.113. The maximum atomic E-state index is 12.6. The fourth-order valence-corrected chi connectivity index (χ4v) is 3.80. The highest BCUT2D eigenvalue weighted by Gasteiger charge is 2.22. The van der Waals surface area contributed by atoms with E-state index in [0.29, 0.717) is 22.3 Å². The quantitative estimate of drug-likeness (QED) is 0.412. The fourth-order valence-electron chi connectivity index (χ4n) is 3.08. The lowest BCUT2D eigenvalue weighted by Gasteiger charge is -2.16. The number of aliphatic hydroxyl groups excluding tert-OH is 1. The number of aryl methyl sites for hydroxylation is 2. The zero-order valence-electron chi connectivity index (χ0n) is 19.0. The fraction of sp³-hybridized carbons (Fsp3) is 0.304. The monoisotopic (exact) mass is 469 g/mol. The van der Waals surface area contributed by atoms with Crippen molar-refractivity contribution in [2.24, 2.45) is 7.05 Å². The molecule has 0 saturated carbocycles. The zero-order valence-corrected chi connectivity index (χ0v) is 19.8. The highest BCUT2D eigenvalue weighted by molar-refractivity contribution is 7.99. The van der Waals surface area contributed by atoms with Crippen molar-refractivity contribution in [3.63, 3.8) is 0 Å². The van der Waals surface area contributed by atoms with Crippen molar-refractivity contribution in [3.05, 3.63) is 65.0 Å². The maximum Gasteiger partial charge on any atom is 0.251 e. The summed E-state index contributed by atoms with van der Waals surface area (Å²) in [7, 11) is 3.27. The number of aromatic nitrogens is 3. The Hall–Kier alpha value is -3.37. The Morgan fingerprint density at radius 3 is 2.48 bits per heavy atom. The molecule has 0 bridgehead atoms. The molecule has 3 N–H and O–H groups in total. The number of nitrogens with one attached hydrogen (secondary N) is 2. The second-order valence-corrected chi connectivity index (χ2v) is 8.42. The smallest absolute Gasteiger partial charge is 0.251 e. The summed E-state index contributed by atoms with van der Waals surface area (Å²) in [5, 5.41) is 24.2.